The molecule has 1 saturated heterocycles. The van der Waals surface area contributed by atoms with Crippen molar-refractivity contribution in [3.63, 3.8) is 0 Å². The van der Waals surface area contributed by atoms with E-state index < -0.39 is 5.82 Å². The van der Waals surface area contributed by atoms with Gasteiger partial charge >= 0.3 is 0 Å². The first-order valence-electron chi connectivity index (χ1n) is 5.98. The van der Waals surface area contributed by atoms with E-state index in [-0.39, 0.29) is 17.5 Å². The molecule has 2 rings (SSSR count). The van der Waals surface area contributed by atoms with Gasteiger partial charge in [-0.15, -0.1) is 0 Å². The predicted octanol–water partition coefficient (Wildman–Crippen LogP) is 2.33. The molecule has 0 radical (unpaired) electrons. The fraction of sp³-hybridized carbons (Fsp3) is 0.462. The Bertz CT molecular complexity index is 478. The van der Waals surface area contributed by atoms with Gasteiger partial charge in [-0.3, -0.25) is 4.79 Å². The molecule has 1 aromatic carbocycles. The van der Waals surface area contributed by atoms with E-state index in [0.29, 0.717) is 17.6 Å². The summed E-state index contributed by atoms with van der Waals surface area (Å²) in [6, 6.07) is 3.25. The second kappa shape index (κ2) is 5.36. The number of benzene rings is 1. The summed E-state index contributed by atoms with van der Waals surface area (Å²) in [6.07, 6.45) is 0. The first-order valence-corrected chi connectivity index (χ1v) is 6.77. The van der Waals surface area contributed by atoms with Crippen LogP contribution in [0.2, 0.25) is 0 Å². The van der Waals surface area contributed by atoms with Gasteiger partial charge in [-0.2, -0.15) is 0 Å². The number of halogens is 2. The number of amides is 1. The number of carbonyl (C=O) groups excluding carboxylic acids is 1. The van der Waals surface area contributed by atoms with Crippen LogP contribution in [0.4, 0.5) is 4.39 Å². The third kappa shape index (κ3) is 2.57. The fourth-order valence-electron chi connectivity index (χ4n) is 2.13. The Morgan fingerprint density at radius 3 is 2.94 bits per heavy atom. The van der Waals surface area contributed by atoms with Crippen molar-refractivity contribution in [2.24, 2.45) is 0 Å². The SMILES string of the molecule is Cc1ccc(F)c(C(=O)N2CCN[C@@H](C)C2)c1Br. The van der Waals surface area contributed by atoms with Crippen molar-refractivity contribution >= 4 is 21.8 Å². The maximum atomic E-state index is 13.8. The maximum absolute atomic E-state index is 13.8. The van der Waals surface area contributed by atoms with Crippen molar-refractivity contribution in [2.75, 3.05) is 19.6 Å². The molecule has 0 aromatic heterocycles. The monoisotopic (exact) mass is 314 g/mol. The van der Waals surface area contributed by atoms with Gasteiger partial charge in [-0.25, -0.2) is 4.39 Å². The fourth-order valence-corrected chi connectivity index (χ4v) is 2.62. The van der Waals surface area contributed by atoms with Crippen LogP contribution in [0.25, 0.3) is 0 Å². The molecule has 3 nitrogen and oxygen atoms in total. The molecule has 0 unspecified atom stereocenters. The molecule has 0 aliphatic carbocycles. The highest BCUT2D eigenvalue weighted by Gasteiger charge is 2.26. The average molecular weight is 315 g/mol. The minimum atomic E-state index is -0.469. The number of nitrogens with zero attached hydrogens (tertiary/aromatic N) is 1. The van der Waals surface area contributed by atoms with Crippen molar-refractivity contribution < 1.29 is 9.18 Å². The van der Waals surface area contributed by atoms with Crippen molar-refractivity contribution in [3.8, 4) is 0 Å². The summed E-state index contributed by atoms with van der Waals surface area (Å²) in [6.45, 7) is 5.83. The van der Waals surface area contributed by atoms with E-state index >= 15 is 0 Å². The Labute approximate surface area is 114 Å². The summed E-state index contributed by atoms with van der Waals surface area (Å²) in [5, 5.41) is 3.26. The maximum Gasteiger partial charge on any atom is 0.258 e. The number of piperazine rings is 1. The van der Waals surface area contributed by atoms with Gasteiger partial charge in [0.2, 0.25) is 0 Å². The van der Waals surface area contributed by atoms with Gasteiger partial charge < -0.3 is 10.2 Å². The van der Waals surface area contributed by atoms with Gasteiger partial charge in [0.15, 0.2) is 0 Å². The van der Waals surface area contributed by atoms with Gasteiger partial charge in [0.25, 0.3) is 5.91 Å². The second-order valence-corrected chi connectivity index (χ2v) is 5.45. The second-order valence-electron chi connectivity index (χ2n) is 4.66. The Kier molecular flexibility index (Phi) is 4.02. The molecular formula is C13H16BrFN2O. The average Bonchev–Trinajstić information content (AvgIpc) is 2.34. The van der Waals surface area contributed by atoms with Crippen molar-refractivity contribution in [3.05, 3.63) is 33.5 Å². The van der Waals surface area contributed by atoms with Crippen LogP contribution in [0, 0.1) is 12.7 Å². The molecule has 98 valence electrons. The Morgan fingerprint density at radius 1 is 1.56 bits per heavy atom. The zero-order chi connectivity index (χ0) is 13.3. The van der Waals surface area contributed by atoms with E-state index in [1.54, 1.807) is 11.0 Å². The van der Waals surface area contributed by atoms with Gasteiger partial charge in [0.1, 0.15) is 5.82 Å². The van der Waals surface area contributed by atoms with E-state index in [0.717, 1.165) is 12.1 Å². The van der Waals surface area contributed by atoms with Crippen LogP contribution in [0.5, 0.6) is 0 Å². The molecular weight excluding hydrogens is 299 g/mol. The summed E-state index contributed by atoms with van der Waals surface area (Å²) in [7, 11) is 0. The van der Waals surface area contributed by atoms with Crippen LogP contribution < -0.4 is 5.32 Å². The Hall–Kier alpha value is -0.940. The first-order chi connectivity index (χ1) is 8.50. The zero-order valence-corrected chi connectivity index (χ0v) is 12.1. The highest BCUT2D eigenvalue weighted by atomic mass is 79.9. The lowest BCUT2D eigenvalue weighted by molar-refractivity contribution is 0.0703. The van der Waals surface area contributed by atoms with Crippen molar-refractivity contribution in [1.29, 1.82) is 0 Å². The standard InChI is InChI=1S/C13H16BrFN2O/c1-8-3-4-10(15)11(12(8)14)13(18)17-6-5-16-9(2)7-17/h3-4,9,16H,5-7H2,1-2H3/t9-/m0/s1. The molecule has 0 saturated carbocycles. The minimum absolute atomic E-state index is 0.143. The Morgan fingerprint density at radius 2 is 2.28 bits per heavy atom. The molecule has 5 heteroatoms. The lowest BCUT2D eigenvalue weighted by Gasteiger charge is -2.32. The minimum Gasteiger partial charge on any atom is -0.336 e. The predicted molar refractivity (Wildman–Crippen MR) is 72.2 cm³/mol. The number of rotatable bonds is 1. The summed E-state index contributed by atoms with van der Waals surface area (Å²) in [5.74, 6) is -0.708. The van der Waals surface area contributed by atoms with E-state index in [2.05, 4.69) is 21.2 Å². The molecule has 1 N–H and O–H groups in total. The van der Waals surface area contributed by atoms with Gasteiger partial charge in [0, 0.05) is 30.1 Å². The molecule has 0 spiro atoms. The number of hydrogen-bond acceptors (Lipinski definition) is 2. The highest BCUT2D eigenvalue weighted by molar-refractivity contribution is 9.10. The molecule has 1 heterocycles. The smallest absolute Gasteiger partial charge is 0.258 e. The number of hydrogen-bond donors (Lipinski definition) is 1. The summed E-state index contributed by atoms with van der Waals surface area (Å²) in [4.78, 5) is 14.1. The van der Waals surface area contributed by atoms with Crippen LogP contribution >= 0.6 is 15.9 Å². The van der Waals surface area contributed by atoms with Crippen LogP contribution in [-0.4, -0.2) is 36.5 Å². The highest BCUT2D eigenvalue weighted by Crippen LogP contribution is 2.25. The van der Waals surface area contributed by atoms with Gasteiger partial charge in [0.05, 0.1) is 5.56 Å². The van der Waals surface area contributed by atoms with Crippen LogP contribution in [0.15, 0.2) is 16.6 Å². The number of aryl methyl sites for hydroxylation is 1. The summed E-state index contributed by atoms with van der Waals surface area (Å²) in [5.41, 5.74) is 1.01. The van der Waals surface area contributed by atoms with Crippen molar-refractivity contribution in [1.82, 2.24) is 10.2 Å². The van der Waals surface area contributed by atoms with E-state index in [1.165, 1.54) is 6.07 Å². The molecule has 1 atom stereocenters. The van der Waals surface area contributed by atoms with Gasteiger partial charge in [-0.1, -0.05) is 6.07 Å². The normalized spacial score (nSPS) is 20.0. The third-order valence-corrected chi connectivity index (χ3v) is 4.18. The molecule has 1 aliphatic rings. The van der Waals surface area contributed by atoms with Crippen LogP contribution in [-0.2, 0) is 0 Å². The van der Waals surface area contributed by atoms with Crippen LogP contribution in [0.3, 0.4) is 0 Å². The van der Waals surface area contributed by atoms with E-state index in [4.69, 9.17) is 0 Å². The number of nitrogens with one attached hydrogen (secondary N) is 1. The third-order valence-electron chi connectivity index (χ3n) is 3.15. The van der Waals surface area contributed by atoms with Gasteiger partial charge in [-0.05, 0) is 41.4 Å². The molecule has 1 aromatic rings. The number of carbonyl (C=O) groups is 1. The topological polar surface area (TPSA) is 32.3 Å². The lowest BCUT2D eigenvalue weighted by Crippen LogP contribution is -2.51. The summed E-state index contributed by atoms with van der Waals surface area (Å²) >= 11 is 3.31. The van der Waals surface area contributed by atoms with Crippen LogP contribution in [0.1, 0.15) is 22.8 Å². The van der Waals surface area contributed by atoms with Crippen molar-refractivity contribution in [2.45, 2.75) is 19.9 Å². The summed E-state index contributed by atoms with van der Waals surface area (Å²) < 4.78 is 14.4. The molecule has 1 aliphatic heterocycles. The van der Waals surface area contributed by atoms with E-state index in [9.17, 15) is 9.18 Å². The zero-order valence-electron chi connectivity index (χ0n) is 10.5. The first kappa shape index (κ1) is 13.5. The molecule has 1 amide bonds. The Balaban J connectivity index is 2.31. The molecule has 1 fully saturated rings. The van der Waals surface area contributed by atoms with E-state index in [1.807, 2.05) is 13.8 Å². The quantitative estimate of drug-likeness (QED) is 0.863. The molecule has 18 heavy (non-hydrogen) atoms. The molecule has 0 bridgehead atoms. The lowest BCUT2D eigenvalue weighted by atomic mass is 10.1. The largest absolute Gasteiger partial charge is 0.336 e.